The summed E-state index contributed by atoms with van der Waals surface area (Å²) in [5.41, 5.74) is 0. The molecule has 0 nitrogen and oxygen atoms in total. The summed E-state index contributed by atoms with van der Waals surface area (Å²) >= 11 is 1.96. The summed E-state index contributed by atoms with van der Waals surface area (Å²) in [6.07, 6.45) is 7.60. The van der Waals surface area contributed by atoms with Gasteiger partial charge >= 0.3 is 47.4 Å². The second-order valence-electron chi connectivity index (χ2n) is 1.23. The minimum atomic E-state index is 0. The first-order valence-electron chi connectivity index (χ1n) is 1.89. The maximum absolute atomic E-state index is 2.17. The molecule has 0 bridgehead atoms. The molecule has 0 unspecified atom stereocenters. The first kappa shape index (κ1) is 10.9. The van der Waals surface area contributed by atoms with Crippen LogP contribution in [0.3, 0.4) is 0 Å². The van der Waals surface area contributed by atoms with Gasteiger partial charge in [0.2, 0.25) is 0 Å². The van der Waals surface area contributed by atoms with Crippen LogP contribution in [0.15, 0.2) is 22.4 Å². The van der Waals surface area contributed by atoms with Gasteiger partial charge in [0.25, 0.3) is 0 Å². The third-order valence-electron chi connectivity index (χ3n) is 0.717. The summed E-state index contributed by atoms with van der Waals surface area (Å²) in [4.78, 5) is 0. The predicted molar refractivity (Wildman–Crippen MR) is 21.8 cm³/mol. The Morgan fingerprint density at radius 3 is 2.12 bits per heavy atom. The second kappa shape index (κ2) is 5.12. The molecule has 1 aliphatic rings. The third kappa shape index (κ3) is 3.04. The molecule has 0 spiro atoms. The molecule has 0 radical (unpaired) electrons. The van der Waals surface area contributed by atoms with Gasteiger partial charge in [-0.1, -0.05) is 0 Å². The van der Waals surface area contributed by atoms with Gasteiger partial charge in [-0.05, 0) is 0 Å². The van der Waals surface area contributed by atoms with E-state index in [4.69, 9.17) is 0 Å². The van der Waals surface area contributed by atoms with Crippen LogP contribution < -0.4 is 9.41 Å². The van der Waals surface area contributed by atoms with E-state index < -0.39 is 0 Å². The van der Waals surface area contributed by atoms with Crippen molar-refractivity contribution in [3.05, 3.63) is 22.4 Å². The van der Waals surface area contributed by atoms with Crippen molar-refractivity contribution in [1.29, 1.82) is 0 Å². The first-order valence-corrected chi connectivity index (χ1v) is 3.16. The van der Waals surface area contributed by atoms with Crippen molar-refractivity contribution >= 4 is 0 Å². The Hall–Kier alpha value is -0.0236. The van der Waals surface area contributed by atoms with E-state index in [0.29, 0.717) is 0 Å². The van der Waals surface area contributed by atoms with Crippen LogP contribution in [0.1, 0.15) is 6.42 Å². The van der Waals surface area contributed by atoms with Crippen molar-refractivity contribution in [3.8, 4) is 0 Å². The van der Waals surface area contributed by atoms with Crippen LogP contribution in [-0.4, -0.2) is 0 Å². The normalized spacial score (nSPS) is 13.8. The first-order chi connectivity index (χ1) is 2.89. The predicted octanol–water partition coefficient (Wildman–Crippen LogP) is -4.61. The monoisotopic (exact) mass is 295 g/mol. The van der Waals surface area contributed by atoms with Crippen molar-refractivity contribution in [1.82, 2.24) is 0 Å². The van der Waals surface area contributed by atoms with Crippen LogP contribution in [-0.2, 0) is 18.6 Å². The topological polar surface area (TPSA) is 0 Å². The van der Waals surface area contributed by atoms with Crippen LogP contribution in [0.4, 0.5) is 0 Å². The van der Waals surface area contributed by atoms with Crippen LogP contribution in [0, 0.1) is 0 Å². The number of allylic oxidation sites excluding steroid dienone is 4. The number of hydrogen-bond acceptors (Lipinski definition) is 0. The molecule has 3 heteroatoms. The Morgan fingerprint density at radius 1 is 1.38 bits per heavy atom. The van der Waals surface area contributed by atoms with Crippen molar-refractivity contribution < 1.29 is 28.0 Å². The van der Waals surface area contributed by atoms with E-state index in [1.54, 1.807) is 0 Å². The van der Waals surface area contributed by atoms with E-state index in [9.17, 15) is 0 Å². The molecule has 0 aromatic carbocycles. The van der Waals surface area contributed by atoms with Crippen molar-refractivity contribution in [2.45, 2.75) is 6.42 Å². The minimum absolute atomic E-state index is 0. The van der Waals surface area contributed by atoms with Gasteiger partial charge in [-0.15, -0.1) is 0 Å². The molecule has 0 saturated carbocycles. The van der Waals surface area contributed by atoms with Crippen LogP contribution in [0.2, 0.25) is 0 Å². The number of halogens is 2. The van der Waals surface area contributed by atoms with E-state index in [0.717, 1.165) is 0 Å². The summed E-state index contributed by atoms with van der Waals surface area (Å²) in [7, 11) is 0. The molecule has 0 heterocycles. The molecule has 1 rings (SSSR count). The van der Waals surface area contributed by atoms with E-state index in [-0.39, 0.29) is 9.41 Å². The summed E-state index contributed by atoms with van der Waals surface area (Å²) in [5.74, 6) is 0. The molecule has 0 saturated heterocycles. The fourth-order valence-electron chi connectivity index (χ4n) is 0.416. The van der Waals surface area contributed by atoms with Gasteiger partial charge < -0.3 is 9.41 Å². The molecule has 0 N–H and O–H groups in total. The van der Waals surface area contributed by atoms with Gasteiger partial charge in [-0.3, -0.25) is 0 Å². The standard InChI is InChI=1S/C5H5.2FH.Os/c1-2-4-5-3-1;;;/h1-3H,4H2;2*1H;/q;;;+2/p-2. The Balaban J connectivity index is 0. The van der Waals surface area contributed by atoms with E-state index in [2.05, 4.69) is 18.2 Å². The number of rotatable bonds is 0. The zero-order valence-electron chi connectivity index (χ0n) is 4.05. The summed E-state index contributed by atoms with van der Waals surface area (Å²) in [6, 6.07) is 0. The second-order valence-corrected chi connectivity index (χ2v) is 2.86. The average Bonchev–Trinajstić information content (AvgIpc) is 1.86. The Bertz CT molecular complexity index is 107. The van der Waals surface area contributed by atoms with Crippen molar-refractivity contribution in [2.24, 2.45) is 0 Å². The molecule has 0 amide bonds. The van der Waals surface area contributed by atoms with Gasteiger partial charge in [-0.25, -0.2) is 0 Å². The molecule has 0 aliphatic heterocycles. The summed E-state index contributed by atoms with van der Waals surface area (Å²) < 4.78 is 1.50. The van der Waals surface area contributed by atoms with E-state index in [1.165, 1.54) is 10.5 Å². The zero-order chi connectivity index (χ0) is 4.41. The molecule has 0 aromatic rings. The fraction of sp³-hybridized carbons (Fsp3) is 0.200. The molecule has 0 fully saturated rings. The van der Waals surface area contributed by atoms with Gasteiger partial charge in [0.1, 0.15) is 0 Å². The molecule has 47 valence electrons. The molecule has 0 atom stereocenters. The molecule has 1 aliphatic carbocycles. The number of hydrogen-bond donors (Lipinski definition) is 0. The van der Waals surface area contributed by atoms with Crippen molar-refractivity contribution in [2.75, 3.05) is 0 Å². The quantitative estimate of drug-likeness (QED) is 0.422. The molecular formula is C5H5F2Os. The van der Waals surface area contributed by atoms with Gasteiger partial charge in [0.05, 0.1) is 0 Å². The van der Waals surface area contributed by atoms with E-state index in [1.807, 2.05) is 18.6 Å². The van der Waals surface area contributed by atoms with Gasteiger partial charge in [0, 0.05) is 0 Å². The van der Waals surface area contributed by atoms with Gasteiger partial charge in [0.15, 0.2) is 0 Å². The van der Waals surface area contributed by atoms with Crippen LogP contribution in [0.25, 0.3) is 0 Å². The maximum atomic E-state index is 2.17. The Kier molecular flexibility index (Phi) is 6.96. The molecule has 8 heavy (non-hydrogen) atoms. The molecular weight excluding hydrogens is 288 g/mol. The van der Waals surface area contributed by atoms with E-state index >= 15 is 0 Å². The fourth-order valence-corrected chi connectivity index (χ4v) is 0.960. The Labute approximate surface area is 57.3 Å². The summed E-state index contributed by atoms with van der Waals surface area (Å²) in [5, 5.41) is 0. The van der Waals surface area contributed by atoms with Gasteiger partial charge in [-0.2, -0.15) is 0 Å². The van der Waals surface area contributed by atoms with Crippen molar-refractivity contribution in [3.63, 3.8) is 0 Å². The third-order valence-corrected chi connectivity index (χ3v) is 1.66. The van der Waals surface area contributed by atoms with Crippen LogP contribution >= 0.6 is 0 Å². The average molecular weight is 293 g/mol. The zero-order valence-corrected chi connectivity index (χ0v) is 6.59. The Morgan fingerprint density at radius 2 is 2.00 bits per heavy atom. The SMILES string of the molecule is [F-].[F-].[Os+2][C]1=CC=CC1. The summed E-state index contributed by atoms with van der Waals surface area (Å²) in [6.45, 7) is 0. The molecule has 0 aromatic heterocycles. The van der Waals surface area contributed by atoms with Crippen LogP contribution in [0.5, 0.6) is 0 Å².